The minimum Gasteiger partial charge on any atom is -0.389 e. The number of aliphatic hydroxyl groups excluding tert-OH is 1. The summed E-state index contributed by atoms with van der Waals surface area (Å²) in [5.74, 6) is 0. The van der Waals surface area contributed by atoms with E-state index in [9.17, 15) is 5.11 Å². The van der Waals surface area contributed by atoms with Crippen LogP contribution in [0, 0.1) is 0 Å². The molecule has 0 aromatic rings. The van der Waals surface area contributed by atoms with Crippen molar-refractivity contribution in [2.45, 2.75) is 19.4 Å². The van der Waals surface area contributed by atoms with Crippen LogP contribution >= 0.6 is 0 Å². The fraction of sp³-hybridized carbons (Fsp3) is 1.00. The van der Waals surface area contributed by atoms with Crippen LogP contribution in [0.25, 0.3) is 0 Å². The number of aliphatic hydroxyl groups is 1. The molecular weight excluding hydrogens is 180 g/mol. The van der Waals surface area contributed by atoms with Gasteiger partial charge in [-0.05, 0) is 27.1 Å². The van der Waals surface area contributed by atoms with E-state index in [0.29, 0.717) is 13.2 Å². The molecule has 0 fully saturated rings. The molecule has 0 aliphatic rings. The second-order valence-corrected chi connectivity index (χ2v) is 3.91. The lowest BCUT2D eigenvalue weighted by Gasteiger charge is -2.27. The maximum absolute atomic E-state index is 9.57. The molecule has 1 atom stereocenters. The molecular formula is C10H24N2O2. The molecule has 0 bridgehead atoms. The number of hydrogen-bond donors (Lipinski definition) is 1. The number of ether oxygens (including phenoxy) is 1. The Bertz CT molecular complexity index is 131. The summed E-state index contributed by atoms with van der Waals surface area (Å²) in [6.07, 6.45) is 0.722. The summed E-state index contributed by atoms with van der Waals surface area (Å²) in [7, 11) is 5.68. The first-order valence-corrected chi connectivity index (χ1v) is 5.14. The maximum Gasteiger partial charge on any atom is 0.0900 e. The second-order valence-electron chi connectivity index (χ2n) is 3.91. The molecule has 0 aliphatic heterocycles. The van der Waals surface area contributed by atoms with Crippen molar-refractivity contribution in [3.8, 4) is 0 Å². The van der Waals surface area contributed by atoms with Crippen molar-refractivity contribution in [3.63, 3.8) is 0 Å². The largest absolute Gasteiger partial charge is 0.389 e. The Labute approximate surface area is 87.5 Å². The monoisotopic (exact) mass is 204 g/mol. The molecule has 0 aliphatic carbocycles. The van der Waals surface area contributed by atoms with Crippen LogP contribution in [0.1, 0.15) is 13.3 Å². The average Bonchev–Trinajstić information content (AvgIpc) is 2.03. The number of rotatable bonds is 8. The fourth-order valence-electron chi connectivity index (χ4n) is 1.48. The molecule has 4 nitrogen and oxygen atoms in total. The van der Waals surface area contributed by atoms with Gasteiger partial charge in [0, 0.05) is 13.7 Å². The summed E-state index contributed by atoms with van der Waals surface area (Å²) in [4.78, 5) is 4.33. The van der Waals surface area contributed by atoms with Crippen LogP contribution in [0.5, 0.6) is 0 Å². The first-order valence-electron chi connectivity index (χ1n) is 5.14. The van der Waals surface area contributed by atoms with Gasteiger partial charge >= 0.3 is 0 Å². The Hall–Kier alpha value is -0.160. The lowest BCUT2D eigenvalue weighted by Crippen LogP contribution is -2.40. The summed E-state index contributed by atoms with van der Waals surface area (Å²) >= 11 is 0. The second kappa shape index (κ2) is 8.17. The van der Waals surface area contributed by atoms with Crippen molar-refractivity contribution >= 4 is 0 Å². The van der Waals surface area contributed by atoms with Crippen LogP contribution in [0.3, 0.4) is 0 Å². The minimum atomic E-state index is -0.383. The summed E-state index contributed by atoms with van der Waals surface area (Å²) in [5.41, 5.74) is 0. The number of methoxy groups -OCH3 is 1. The van der Waals surface area contributed by atoms with Gasteiger partial charge < -0.3 is 9.84 Å². The molecule has 0 spiro atoms. The smallest absolute Gasteiger partial charge is 0.0900 e. The quantitative estimate of drug-likeness (QED) is 0.574. The van der Waals surface area contributed by atoms with E-state index in [2.05, 4.69) is 16.7 Å². The van der Waals surface area contributed by atoms with Gasteiger partial charge in [-0.1, -0.05) is 6.92 Å². The lowest BCUT2D eigenvalue weighted by atomic mass is 10.3. The van der Waals surface area contributed by atoms with Gasteiger partial charge in [-0.2, -0.15) is 0 Å². The summed E-state index contributed by atoms with van der Waals surface area (Å²) in [6.45, 7) is 5.13. The Morgan fingerprint density at radius 2 is 2.00 bits per heavy atom. The van der Waals surface area contributed by atoms with E-state index in [1.807, 2.05) is 14.1 Å². The van der Waals surface area contributed by atoms with Crippen molar-refractivity contribution in [1.29, 1.82) is 0 Å². The van der Waals surface area contributed by atoms with Gasteiger partial charge in [0.25, 0.3) is 0 Å². The van der Waals surface area contributed by atoms with Gasteiger partial charge in [-0.3, -0.25) is 9.80 Å². The molecule has 1 unspecified atom stereocenters. The molecule has 86 valence electrons. The standard InChI is InChI=1S/C10H24N2O2/c1-5-6-12(9-11(2)3)7-10(13)8-14-4/h10,13H,5-9H2,1-4H3. The van der Waals surface area contributed by atoms with Crippen LogP contribution in [0.15, 0.2) is 0 Å². The van der Waals surface area contributed by atoms with Gasteiger partial charge in [0.05, 0.1) is 19.4 Å². The van der Waals surface area contributed by atoms with E-state index in [1.54, 1.807) is 7.11 Å². The van der Waals surface area contributed by atoms with E-state index in [1.165, 1.54) is 0 Å². The van der Waals surface area contributed by atoms with E-state index in [-0.39, 0.29) is 6.10 Å². The third-order valence-corrected chi connectivity index (χ3v) is 1.85. The Balaban J connectivity index is 3.81. The highest BCUT2D eigenvalue weighted by atomic mass is 16.5. The fourth-order valence-corrected chi connectivity index (χ4v) is 1.48. The highest BCUT2D eigenvalue weighted by Crippen LogP contribution is 1.96. The molecule has 0 amide bonds. The molecule has 0 saturated carbocycles. The number of hydrogen-bond acceptors (Lipinski definition) is 4. The molecule has 0 rings (SSSR count). The Morgan fingerprint density at radius 1 is 1.36 bits per heavy atom. The topological polar surface area (TPSA) is 35.9 Å². The highest BCUT2D eigenvalue weighted by Gasteiger charge is 2.11. The van der Waals surface area contributed by atoms with Crippen LogP contribution < -0.4 is 0 Å². The molecule has 14 heavy (non-hydrogen) atoms. The zero-order chi connectivity index (χ0) is 11.0. The summed E-state index contributed by atoms with van der Waals surface area (Å²) in [5, 5.41) is 9.57. The first-order chi connectivity index (χ1) is 6.60. The van der Waals surface area contributed by atoms with Crippen molar-refractivity contribution in [2.24, 2.45) is 0 Å². The van der Waals surface area contributed by atoms with Gasteiger partial charge in [0.15, 0.2) is 0 Å². The third kappa shape index (κ3) is 7.26. The predicted molar refractivity (Wildman–Crippen MR) is 58.3 cm³/mol. The van der Waals surface area contributed by atoms with Crippen LogP contribution in [-0.2, 0) is 4.74 Å². The number of nitrogens with zero attached hydrogens (tertiary/aromatic N) is 2. The van der Waals surface area contributed by atoms with Gasteiger partial charge in [0.1, 0.15) is 0 Å². The summed E-state index contributed by atoms with van der Waals surface area (Å²) in [6, 6.07) is 0. The normalized spacial score (nSPS) is 13.9. The molecule has 4 heteroatoms. The van der Waals surface area contributed by atoms with Crippen molar-refractivity contribution in [1.82, 2.24) is 9.80 Å². The van der Waals surface area contributed by atoms with Crippen molar-refractivity contribution < 1.29 is 9.84 Å². The SMILES string of the molecule is CCCN(CC(O)COC)CN(C)C. The van der Waals surface area contributed by atoms with Gasteiger partial charge in [-0.25, -0.2) is 0 Å². The zero-order valence-electron chi connectivity index (χ0n) is 9.86. The molecule has 0 aromatic carbocycles. The molecule has 1 N–H and O–H groups in total. The van der Waals surface area contributed by atoms with Crippen molar-refractivity contribution in [2.75, 3.05) is 47.6 Å². The average molecular weight is 204 g/mol. The van der Waals surface area contributed by atoms with E-state index in [4.69, 9.17) is 4.74 Å². The molecule has 0 heterocycles. The third-order valence-electron chi connectivity index (χ3n) is 1.85. The van der Waals surface area contributed by atoms with Gasteiger partial charge in [-0.15, -0.1) is 0 Å². The minimum absolute atomic E-state index is 0.383. The lowest BCUT2D eigenvalue weighted by molar-refractivity contribution is 0.0274. The molecule has 0 saturated heterocycles. The van der Waals surface area contributed by atoms with Crippen LogP contribution in [0.4, 0.5) is 0 Å². The predicted octanol–water partition coefficient (Wildman–Crippen LogP) is 0.225. The van der Waals surface area contributed by atoms with Crippen LogP contribution in [0.2, 0.25) is 0 Å². The molecule has 0 aromatic heterocycles. The van der Waals surface area contributed by atoms with Gasteiger partial charge in [0.2, 0.25) is 0 Å². The Morgan fingerprint density at radius 3 is 2.43 bits per heavy atom. The maximum atomic E-state index is 9.57. The molecule has 0 radical (unpaired) electrons. The summed E-state index contributed by atoms with van der Waals surface area (Å²) < 4.78 is 4.90. The van der Waals surface area contributed by atoms with E-state index in [0.717, 1.165) is 19.6 Å². The zero-order valence-corrected chi connectivity index (χ0v) is 9.86. The van der Waals surface area contributed by atoms with Crippen LogP contribution in [-0.4, -0.2) is 68.6 Å². The highest BCUT2D eigenvalue weighted by molar-refractivity contribution is 4.62. The van der Waals surface area contributed by atoms with E-state index < -0.39 is 0 Å². The Kier molecular flexibility index (Phi) is 8.08. The van der Waals surface area contributed by atoms with Crippen molar-refractivity contribution in [3.05, 3.63) is 0 Å². The first kappa shape index (κ1) is 13.8. The van der Waals surface area contributed by atoms with E-state index >= 15 is 0 Å².